The molecule has 0 amide bonds. The van der Waals surface area contributed by atoms with Crippen LogP contribution in [0.15, 0.2) is 60.7 Å². The fourth-order valence-electron chi connectivity index (χ4n) is 5.17. The van der Waals surface area contributed by atoms with E-state index in [9.17, 15) is 8.78 Å². The number of allylic oxidation sites excluding steroid dienone is 2. The number of benzene rings is 3. The average molecular weight is 477 g/mol. The van der Waals surface area contributed by atoms with Crippen LogP contribution in [0.2, 0.25) is 0 Å². The van der Waals surface area contributed by atoms with Crippen molar-refractivity contribution in [3.05, 3.63) is 89.3 Å². The Kier molecular flexibility index (Phi) is 8.49. The first-order valence-electron chi connectivity index (χ1n) is 13.1. The van der Waals surface area contributed by atoms with Crippen molar-refractivity contribution < 1.29 is 13.2 Å². The molecule has 0 saturated heterocycles. The Morgan fingerprint density at radius 1 is 0.743 bits per heavy atom. The molecule has 0 saturated carbocycles. The van der Waals surface area contributed by atoms with Gasteiger partial charge in [-0.2, -0.15) is 0 Å². The molecular weight excluding hydrogens is 441 g/mol. The smallest absolute Gasteiger partial charge is 0.166 e. The van der Waals surface area contributed by atoms with Crippen LogP contribution in [0.1, 0.15) is 76.3 Å². The van der Waals surface area contributed by atoms with Gasteiger partial charge in [-0.15, -0.1) is 0 Å². The molecule has 0 N–H and O–H groups in total. The SMILES string of the molecule is CCCCCc1ccc(-c2ccc(-c3ccc(C4=CCC(CCC)CC4)cc3F)cc2)c(F)c1F. The van der Waals surface area contributed by atoms with Crippen LogP contribution in [-0.4, -0.2) is 0 Å². The van der Waals surface area contributed by atoms with Gasteiger partial charge in [0.25, 0.3) is 0 Å². The maximum absolute atomic E-state index is 15.1. The highest BCUT2D eigenvalue weighted by molar-refractivity contribution is 5.74. The van der Waals surface area contributed by atoms with Gasteiger partial charge in [0.1, 0.15) is 5.82 Å². The van der Waals surface area contributed by atoms with Crippen molar-refractivity contribution in [3.63, 3.8) is 0 Å². The Labute approximate surface area is 207 Å². The second kappa shape index (κ2) is 11.7. The van der Waals surface area contributed by atoms with E-state index in [1.54, 1.807) is 42.5 Å². The summed E-state index contributed by atoms with van der Waals surface area (Å²) < 4.78 is 44.5. The van der Waals surface area contributed by atoms with E-state index in [4.69, 9.17) is 0 Å². The lowest BCUT2D eigenvalue weighted by Gasteiger charge is -2.22. The minimum Gasteiger partial charge on any atom is -0.206 e. The number of hydrogen-bond acceptors (Lipinski definition) is 0. The molecule has 0 heterocycles. The molecule has 0 spiro atoms. The predicted molar refractivity (Wildman–Crippen MR) is 141 cm³/mol. The molecule has 3 aromatic carbocycles. The van der Waals surface area contributed by atoms with Crippen LogP contribution < -0.4 is 0 Å². The predicted octanol–water partition coefficient (Wildman–Crippen LogP) is 10.2. The molecule has 1 unspecified atom stereocenters. The molecule has 1 atom stereocenters. The minimum atomic E-state index is -0.816. The van der Waals surface area contributed by atoms with Gasteiger partial charge in [0.2, 0.25) is 0 Å². The van der Waals surface area contributed by atoms with E-state index in [1.165, 1.54) is 24.8 Å². The molecule has 0 nitrogen and oxygen atoms in total. The van der Waals surface area contributed by atoms with Gasteiger partial charge in [0.15, 0.2) is 11.6 Å². The second-order valence-corrected chi connectivity index (χ2v) is 9.79. The quantitative estimate of drug-likeness (QED) is 0.269. The molecule has 0 aromatic heterocycles. The van der Waals surface area contributed by atoms with Gasteiger partial charge in [-0.05, 0) is 71.9 Å². The molecule has 1 aliphatic rings. The highest BCUT2D eigenvalue weighted by atomic mass is 19.2. The molecule has 3 heteroatoms. The maximum atomic E-state index is 15.1. The van der Waals surface area contributed by atoms with Gasteiger partial charge in [-0.25, -0.2) is 13.2 Å². The topological polar surface area (TPSA) is 0 Å². The largest absolute Gasteiger partial charge is 0.206 e. The molecule has 1 aliphatic carbocycles. The number of rotatable bonds is 9. The van der Waals surface area contributed by atoms with Crippen LogP contribution in [0.25, 0.3) is 27.8 Å². The first-order chi connectivity index (χ1) is 17.0. The highest BCUT2D eigenvalue weighted by Crippen LogP contribution is 2.35. The van der Waals surface area contributed by atoms with E-state index in [1.807, 2.05) is 12.1 Å². The van der Waals surface area contributed by atoms with Crippen LogP contribution in [-0.2, 0) is 6.42 Å². The summed E-state index contributed by atoms with van der Waals surface area (Å²) in [7, 11) is 0. The summed E-state index contributed by atoms with van der Waals surface area (Å²) in [5, 5.41) is 0. The van der Waals surface area contributed by atoms with E-state index < -0.39 is 11.6 Å². The van der Waals surface area contributed by atoms with Crippen molar-refractivity contribution in [2.45, 2.75) is 71.6 Å². The zero-order chi connectivity index (χ0) is 24.8. The Bertz CT molecular complexity index is 1170. The normalized spacial score (nSPS) is 15.8. The maximum Gasteiger partial charge on any atom is 0.166 e. The van der Waals surface area contributed by atoms with Crippen LogP contribution in [0.3, 0.4) is 0 Å². The fraction of sp³-hybridized carbons (Fsp3) is 0.375. The third-order valence-electron chi connectivity index (χ3n) is 7.28. The van der Waals surface area contributed by atoms with Gasteiger partial charge in [0, 0.05) is 11.1 Å². The Balaban J connectivity index is 1.51. The number of unbranched alkanes of at least 4 members (excludes halogenated alkanes) is 2. The van der Waals surface area contributed by atoms with E-state index >= 15 is 4.39 Å². The standard InChI is InChI=1S/C32H35F3/c1-3-5-6-8-26-17-20-29(32(35)31(26)34)25-15-13-24(14-16-25)28-19-18-27(21-30(28)33)23-11-9-22(7-4-2)10-12-23/h11,13-22H,3-10,12H2,1-2H3. The molecular formula is C32H35F3. The van der Waals surface area contributed by atoms with E-state index in [0.717, 1.165) is 49.1 Å². The summed E-state index contributed by atoms with van der Waals surface area (Å²) in [4.78, 5) is 0. The Morgan fingerprint density at radius 2 is 1.43 bits per heavy atom. The monoisotopic (exact) mass is 476 g/mol. The van der Waals surface area contributed by atoms with E-state index in [0.29, 0.717) is 23.1 Å². The zero-order valence-corrected chi connectivity index (χ0v) is 20.8. The number of aryl methyl sites for hydroxylation is 1. The number of halogens is 3. The minimum absolute atomic E-state index is 0.231. The van der Waals surface area contributed by atoms with E-state index in [2.05, 4.69) is 19.9 Å². The summed E-state index contributed by atoms with van der Waals surface area (Å²) in [6, 6.07) is 15.8. The zero-order valence-electron chi connectivity index (χ0n) is 20.8. The molecule has 0 radical (unpaired) electrons. The van der Waals surface area contributed by atoms with Crippen molar-refractivity contribution in [1.29, 1.82) is 0 Å². The van der Waals surface area contributed by atoms with Crippen LogP contribution in [0.5, 0.6) is 0 Å². The second-order valence-electron chi connectivity index (χ2n) is 9.79. The molecule has 0 bridgehead atoms. The lowest BCUT2D eigenvalue weighted by atomic mass is 9.84. The van der Waals surface area contributed by atoms with Gasteiger partial charge >= 0.3 is 0 Å². The number of hydrogen-bond donors (Lipinski definition) is 0. The lowest BCUT2D eigenvalue weighted by molar-refractivity contribution is 0.445. The van der Waals surface area contributed by atoms with E-state index in [-0.39, 0.29) is 11.4 Å². The van der Waals surface area contributed by atoms with Crippen molar-refractivity contribution in [1.82, 2.24) is 0 Å². The summed E-state index contributed by atoms with van der Waals surface area (Å²) in [6.07, 6.45) is 11.4. The molecule has 0 aliphatic heterocycles. The highest BCUT2D eigenvalue weighted by Gasteiger charge is 2.17. The third kappa shape index (κ3) is 5.89. The van der Waals surface area contributed by atoms with Gasteiger partial charge < -0.3 is 0 Å². The molecule has 0 fully saturated rings. The van der Waals surface area contributed by atoms with Gasteiger partial charge in [0.05, 0.1) is 0 Å². The molecule has 4 rings (SSSR count). The van der Waals surface area contributed by atoms with Crippen molar-refractivity contribution in [2.75, 3.05) is 0 Å². The van der Waals surface area contributed by atoms with Crippen LogP contribution >= 0.6 is 0 Å². The van der Waals surface area contributed by atoms with Crippen molar-refractivity contribution in [3.8, 4) is 22.3 Å². The first-order valence-corrected chi connectivity index (χ1v) is 13.1. The molecule has 184 valence electrons. The van der Waals surface area contributed by atoms with Crippen LogP contribution in [0, 0.1) is 23.4 Å². The first kappa shape index (κ1) is 25.3. The summed E-state index contributed by atoms with van der Waals surface area (Å²) in [5.41, 5.74) is 4.65. The Hall–Kier alpha value is -2.81. The Morgan fingerprint density at radius 3 is 2.06 bits per heavy atom. The van der Waals surface area contributed by atoms with Crippen molar-refractivity contribution in [2.24, 2.45) is 5.92 Å². The third-order valence-corrected chi connectivity index (χ3v) is 7.28. The molecule has 35 heavy (non-hydrogen) atoms. The van der Waals surface area contributed by atoms with Gasteiger partial charge in [-0.3, -0.25) is 0 Å². The lowest BCUT2D eigenvalue weighted by Crippen LogP contribution is -2.05. The summed E-state index contributed by atoms with van der Waals surface area (Å²) in [6.45, 7) is 4.31. The summed E-state index contributed by atoms with van der Waals surface area (Å²) >= 11 is 0. The average Bonchev–Trinajstić information content (AvgIpc) is 2.88. The molecule has 3 aromatic rings. The van der Waals surface area contributed by atoms with Gasteiger partial charge in [-0.1, -0.05) is 94.1 Å². The summed E-state index contributed by atoms with van der Waals surface area (Å²) in [5.74, 6) is -1.09. The van der Waals surface area contributed by atoms with Crippen LogP contribution in [0.4, 0.5) is 13.2 Å². The van der Waals surface area contributed by atoms with Crippen molar-refractivity contribution >= 4 is 5.57 Å². The fourth-order valence-corrected chi connectivity index (χ4v) is 5.17.